The molecule has 9 nitrogen and oxygen atoms in total. The standard InChI is InChI=1S/C25H20ClN5O4/c1-33-25(32)17-11-15(30-7-9-34-10-8-30)12-20-23(17)29-24(21-13-27-14-35-21)31(20)19-5-6-28-22-16(19)3-2-4-18(22)26/h2-6,11-14H,7-10H2,1H3. The molecule has 0 amide bonds. The highest BCUT2D eigenvalue weighted by Crippen LogP contribution is 2.36. The first kappa shape index (κ1) is 21.6. The number of methoxy groups -OCH3 is 1. The first-order valence-electron chi connectivity index (χ1n) is 11.1. The van der Waals surface area contributed by atoms with Crippen LogP contribution in [0, 0.1) is 0 Å². The van der Waals surface area contributed by atoms with Crippen molar-refractivity contribution in [2.75, 3.05) is 38.3 Å². The number of para-hydroxylation sites is 1. The van der Waals surface area contributed by atoms with E-state index >= 15 is 0 Å². The van der Waals surface area contributed by atoms with Gasteiger partial charge in [-0.25, -0.2) is 14.8 Å². The molecule has 6 rings (SSSR count). The van der Waals surface area contributed by atoms with Gasteiger partial charge in [0.1, 0.15) is 5.52 Å². The molecule has 5 aromatic rings. The summed E-state index contributed by atoms with van der Waals surface area (Å²) in [4.78, 5) is 28.5. The van der Waals surface area contributed by atoms with Gasteiger partial charge in [-0.15, -0.1) is 0 Å². The van der Waals surface area contributed by atoms with E-state index in [1.807, 2.05) is 34.9 Å². The number of anilines is 1. The van der Waals surface area contributed by atoms with Gasteiger partial charge in [-0.3, -0.25) is 9.55 Å². The highest BCUT2D eigenvalue weighted by Gasteiger charge is 2.25. The molecular formula is C25H20ClN5O4. The monoisotopic (exact) mass is 489 g/mol. The van der Waals surface area contributed by atoms with Crippen LogP contribution in [0.2, 0.25) is 5.02 Å². The lowest BCUT2D eigenvalue weighted by molar-refractivity contribution is 0.0603. The number of hydrogen-bond donors (Lipinski definition) is 0. The van der Waals surface area contributed by atoms with Crippen molar-refractivity contribution >= 4 is 45.2 Å². The Labute approximate surface area is 204 Å². The van der Waals surface area contributed by atoms with Crippen molar-refractivity contribution in [2.24, 2.45) is 0 Å². The molecule has 2 aromatic carbocycles. The van der Waals surface area contributed by atoms with Crippen molar-refractivity contribution < 1.29 is 18.7 Å². The molecule has 35 heavy (non-hydrogen) atoms. The maximum absolute atomic E-state index is 12.9. The smallest absolute Gasteiger partial charge is 0.340 e. The van der Waals surface area contributed by atoms with Gasteiger partial charge in [0.15, 0.2) is 18.0 Å². The van der Waals surface area contributed by atoms with Crippen molar-refractivity contribution in [3.8, 4) is 17.3 Å². The van der Waals surface area contributed by atoms with E-state index in [9.17, 15) is 4.79 Å². The zero-order chi connectivity index (χ0) is 23.9. The van der Waals surface area contributed by atoms with Crippen molar-refractivity contribution in [3.05, 3.63) is 65.8 Å². The molecule has 1 aliphatic rings. The van der Waals surface area contributed by atoms with E-state index in [-0.39, 0.29) is 0 Å². The number of fused-ring (bicyclic) bond motifs is 2. The van der Waals surface area contributed by atoms with Gasteiger partial charge < -0.3 is 18.8 Å². The van der Waals surface area contributed by atoms with E-state index in [0.717, 1.165) is 16.8 Å². The molecule has 0 bridgehead atoms. The number of hydrogen-bond acceptors (Lipinski definition) is 8. The van der Waals surface area contributed by atoms with Crippen LogP contribution < -0.4 is 4.90 Å². The molecule has 0 spiro atoms. The molecule has 0 unspecified atom stereocenters. The van der Waals surface area contributed by atoms with Crippen molar-refractivity contribution in [2.45, 2.75) is 0 Å². The zero-order valence-corrected chi connectivity index (χ0v) is 19.5. The van der Waals surface area contributed by atoms with Gasteiger partial charge in [0.25, 0.3) is 0 Å². The van der Waals surface area contributed by atoms with Gasteiger partial charge in [-0.2, -0.15) is 0 Å². The SMILES string of the molecule is COC(=O)c1cc(N2CCOCC2)cc2c1nc(-c1cnco1)n2-c1ccnc2c(Cl)cccc12. The van der Waals surface area contributed by atoms with Gasteiger partial charge >= 0.3 is 5.97 Å². The minimum absolute atomic E-state index is 0.363. The predicted molar refractivity (Wildman–Crippen MR) is 131 cm³/mol. The highest BCUT2D eigenvalue weighted by molar-refractivity contribution is 6.35. The average molecular weight is 490 g/mol. The fourth-order valence-electron chi connectivity index (χ4n) is 4.49. The Morgan fingerprint density at radius 1 is 1.14 bits per heavy atom. The summed E-state index contributed by atoms with van der Waals surface area (Å²) in [5, 5.41) is 1.37. The van der Waals surface area contributed by atoms with E-state index in [0.29, 0.717) is 65.0 Å². The molecule has 1 fully saturated rings. The second kappa shape index (κ2) is 8.68. The summed E-state index contributed by atoms with van der Waals surface area (Å²) in [7, 11) is 1.36. The lowest BCUT2D eigenvalue weighted by Gasteiger charge is -2.29. The number of aromatic nitrogens is 4. The fraction of sp³-hybridized carbons (Fsp3) is 0.200. The molecule has 0 saturated carbocycles. The lowest BCUT2D eigenvalue weighted by atomic mass is 10.1. The van der Waals surface area contributed by atoms with Crippen molar-refractivity contribution in [1.29, 1.82) is 0 Å². The molecule has 0 aliphatic carbocycles. The van der Waals surface area contributed by atoms with Crippen LogP contribution in [-0.4, -0.2) is 58.9 Å². The molecule has 176 valence electrons. The quantitative estimate of drug-likeness (QED) is 0.340. The Morgan fingerprint density at radius 2 is 2.00 bits per heavy atom. The maximum atomic E-state index is 12.9. The van der Waals surface area contributed by atoms with E-state index in [1.165, 1.54) is 13.5 Å². The average Bonchev–Trinajstić information content (AvgIpc) is 3.56. The summed E-state index contributed by atoms with van der Waals surface area (Å²) in [6.45, 7) is 2.65. The van der Waals surface area contributed by atoms with Crippen LogP contribution in [0.15, 0.2) is 59.6 Å². The molecular weight excluding hydrogens is 470 g/mol. The van der Waals surface area contributed by atoms with Gasteiger partial charge in [-0.1, -0.05) is 23.7 Å². The first-order chi connectivity index (χ1) is 17.2. The molecule has 10 heteroatoms. The lowest BCUT2D eigenvalue weighted by Crippen LogP contribution is -2.36. The Morgan fingerprint density at radius 3 is 2.77 bits per heavy atom. The molecule has 0 radical (unpaired) electrons. The Hall–Kier alpha value is -3.95. The number of halogens is 1. The highest BCUT2D eigenvalue weighted by atomic mass is 35.5. The topological polar surface area (TPSA) is 95.5 Å². The number of oxazole rings is 1. The van der Waals surface area contributed by atoms with Gasteiger partial charge in [-0.05, 0) is 24.3 Å². The summed E-state index contributed by atoms with van der Waals surface area (Å²) in [6.07, 6.45) is 4.64. The molecule has 1 aliphatic heterocycles. The predicted octanol–water partition coefficient (Wildman–Crippen LogP) is 4.51. The van der Waals surface area contributed by atoms with Gasteiger partial charge in [0.2, 0.25) is 0 Å². The largest absolute Gasteiger partial charge is 0.465 e. The van der Waals surface area contributed by atoms with Crippen molar-refractivity contribution in [1.82, 2.24) is 19.5 Å². The minimum Gasteiger partial charge on any atom is -0.465 e. The third-order valence-corrected chi connectivity index (χ3v) is 6.42. The number of esters is 1. The number of carbonyl (C=O) groups is 1. The molecule has 1 saturated heterocycles. The summed E-state index contributed by atoms with van der Waals surface area (Å²) in [5.41, 5.74) is 3.90. The number of morpholine rings is 1. The van der Waals surface area contributed by atoms with Crippen LogP contribution in [0.3, 0.4) is 0 Å². The summed E-state index contributed by atoms with van der Waals surface area (Å²) < 4.78 is 18.2. The zero-order valence-electron chi connectivity index (χ0n) is 18.8. The first-order valence-corrected chi connectivity index (χ1v) is 11.4. The van der Waals surface area contributed by atoms with Crippen LogP contribution in [0.1, 0.15) is 10.4 Å². The Bertz CT molecular complexity index is 1560. The van der Waals surface area contributed by atoms with E-state index in [2.05, 4.69) is 14.9 Å². The minimum atomic E-state index is -0.471. The van der Waals surface area contributed by atoms with Gasteiger partial charge in [0.05, 0.1) is 53.8 Å². The van der Waals surface area contributed by atoms with E-state index < -0.39 is 5.97 Å². The second-order valence-electron chi connectivity index (χ2n) is 8.05. The van der Waals surface area contributed by atoms with Crippen LogP contribution in [0.4, 0.5) is 5.69 Å². The van der Waals surface area contributed by atoms with Crippen LogP contribution in [-0.2, 0) is 9.47 Å². The summed E-state index contributed by atoms with van der Waals surface area (Å²) in [5.74, 6) is 0.479. The van der Waals surface area contributed by atoms with Crippen LogP contribution in [0.25, 0.3) is 39.2 Å². The maximum Gasteiger partial charge on any atom is 0.340 e. The van der Waals surface area contributed by atoms with E-state index in [4.69, 9.17) is 30.5 Å². The number of pyridine rings is 1. The Kier molecular flexibility index (Phi) is 5.35. The molecule has 3 aromatic heterocycles. The molecule has 0 atom stereocenters. The third kappa shape index (κ3) is 3.60. The molecule has 0 N–H and O–H groups in total. The number of ether oxygens (including phenoxy) is 2. The van der Waals surface area contributed by atoms with E-state index in [1.54, 1.807) is 18.5 Å². The van der Waals surface area contributed by atoms with Gasteiger partial charge in [0, 0.05) is 30.4 Å². The number of nitrogens with zero attached hydrogens (tertiary/aromatic N) is 5. The fourth-order valence-corrected chi connectivity index (χ4v) is 4.71. The summed E-state index contributed by atoms with van der Waals surface area (Å²) >= 11 is 6.46. The van der Waals surface area contributed by atoms with Crippen LogP contribution >= 0.6 is 11.6 Å². The molecule has 4 heterocycles. The number of rotatable bonds is 4. The normalized spacial score (nSPS) is 14.1. The number of imidazole rings is 1. The van der Waals surface area contributed by atoms with Crippen molar-refractivity contribution in [3.63, 3.8) is 0 Å². The Balaban J connectivity index is 1.72. The second-order valence-corrected chi connectivity index (χ2v) is 8.46. The summed E-state index contributed by atoms with van der Waals surface area (Å²) in [6, 6.07) is 11.4. The number of benzene rings is 2. The number of carbonyl (C=O) groups excluding carboxylic acids is 1. The van der Waals surface area contributed by atoms with Crippen LogP contribution in [0.5, 0.6) is 0 Å². The third-order valence-electron chi connectivity index (χ3n) is 6.12.